The third-order valence-corrected chi connectivity index (χ3v) is 3.74. The minimum Gasteiger partial charge on any atom is -0.351 e. The van der Waals surface area contributed by atoms with Gasteiger partial charge in [-0.25, -0.2) is 0 Å². The largest absolute Gasteiger partial charge is 0.351 e. The van der Waals surface area contributed by atoms with Crippen LogP contribution in [0.2, 0.25) is 10.0 Å². The maximum Gasteiger partial charge on any atom is 0.254 e. The molecule has 1 amide bonds. The average Bonchev–Trinajstić information content (AvgIpc) is 2.40. The highest BCUT2D eigenvalue weighted by molar-refractivity contribution is 6.39. The van der Waals surface area contributed by atoms with Crippen molar-refractivity contribution in [3.8, 4) is 0 Å². The van der Waals surface area contributed by atoms with Gasteiger partial charge in [-0.15, -0.1) is 12.4 Å². The van der Waals surface area contributed by atoms with E-state index in [9.17, 15) is 4.79 Å². The Bertz CT molecular complexity index is 430. The number of benzene rings is 1. The third kappa shape index (κ3) is 4.79. The van der Waals surface area contributed by atoms with Crippen molar-refractivity contribution in [1.29, 1.82) is 0 Å². The molecule has 0 atom stereocenters. The van der Waals surface area contributed by atoms with Gasteiger partial charge in [-0.05, 0) is 12.1 Å². The lowest BCUT2D eigenvalue weighted by Gasteiger charge is -2.27. The van der Waals surface area contributed by atoms with Crippen LogP contribution in [-0.4, -0.2) is 50.1 Å². The van der Waals surface area contributed by atoms with Crippen molar-refractivity contribution in [2.75, 3.05) is 39.3 Å². The van der Waals surface area contributed by atoms with Gasteiger partial charge >= 0.3 is 0 Å². The summed E-state index contributed by atoms with van der Waals surface area (Å²) in [5.41, 5.74) is 0.353. The molecule has 2 rings (SSSR count). The minimum absolute atomic E-state index is 0. The molecule has 20 heavy (non-hydrogen) atoms. The van der Waals surface area contributed by atoms with Gasteiger partial charge in [-0.1, -0.05) is 29.3 Å². The van der Waals surface area contributed by atoms with Crippen LogP contribution in [0.15, 0.2) is 18.2 Å². The van der Waals surface area contributed by atoms with Gasteiger partial charge in [0, 0.05) is 39.3 Å². The van der Waals surface area contributed by atoms with Crippen molar-refractivity contribution < 1.29 is 4.79 Å². The van der Waals surface area contributed by atoms with Crippen molar-refractivity contribution in [3.05, 3.63) is 33.8 Å². The normalized spacial score (nSPS) is 15.5. The van der Waals surface area contributed by atoms with Crippen LogP contribution < -0.4 is 10.6 Å². The number of carbonyl (C=O) groups excluding carboxylic acids is 1. The predicted molar refractivity (Wildman–Crippen MR) is 85.4 cm³/mol. The molecule has 0 radical (unpaired) electrons. The summed E-state index contributed by atoms with van der Waals surface area (Å²) in [6.07, 6.45) is 0. The standard InChI is InChI=1S/C13H17Cl2N3O.ClH/c14-10-2-1-3-11(15)12(10)13(19)17-6-9-18-7-4-16-5-8-18;/h1-3,16H,4-9H2,(H,17,19);1H. The molecule has 7 heteroatoms. The maximum absolute atomic E-state index is 12.0. The topological polar surface area (TPSA) is 44.4 Å². The Morgan fingerprint density at radius 2 is 1.85 bits per heavy atom. The fraction of sp³-hybridized carbons (Fsp3) is 0.462. The first kappa shape index (κ1) is 17.5. The Balaban J connectivity index is 0.00000200. The number of rotatable bonds is 4. The second-order valence-corrected chi connectivity index (χ2v) is 5.26. The van der Waals surface area contributed by atoms with Crippen molar-refractivity contribution in [2.24, 2.45) is 0 Å². The summed E-state index contributed by atoms with van der Waals surface area (Å²) in [4.78, 5) is 14.3. The molecule has 1 aliphatic heterocycles. The van der Waals surface area contributed by atoms with E-state index in [1.165, 1.54) is 0 Å². The summed E-state index contributed by atoms with van der Waals surface area (Å²) in [7, 11) is 0. The highest BCUT2D eigenvalue weighted by Crippen LogP contribution is 2.23. The predicted octanol–water partition coefficient (Wildman–Crippen LogP) is 2.05. The van der Waals surface area contributed by atoms with Gasteiger partial charge < -0.3 is 10.6 Å². The number of halogens is 3. The highest BCUT2D eigenvalue weighted by Gasteiger charge is 2.15. The van der Waals surface area contributed by atoms with E-state index in [0.29, 0.717) is 22.2 Å². The first-order chi connectivity index (χ1) is 9.18. The van der Waals surface area contributed by atoms with E-state index in [4.69, 9.17) is 23.2 Å². The number of nitrogens with zero attached hydrogens (tertiary/aromatic N) is 1. The summed E-state index contributed by atoms with van der Waals surface area (Å²) in [6, 6.07) is 5.06. The number of amides is 1. The quantitative estimate of drug-likeness (QED) is 0.883. The molecule has 4 nitrogen and oxygen atoms in total. The zero-order valence-corrected chi connectivity index (χ0v) is 13.3. The summed E-state index contributed by atoms with van der Waals surface area (Å²) in [6.45, 7) is 5.48. The maximum atomic E-state index is 12.0. The van der Waals surface area contributed by atoms with Crippen LogP contribution in [0.1, 0.15) is 10.4 Å². The summed E-state index contributed by atoms with van der Waals surface area (Å²) >= 11 is 12.0. The molecule has 0 bridgehead atoms. The number of hydrogen-bond donors (Lipinski definition) is 2. The molecule has 0 aromatic heterocycles. The molecule has 0 saturated carbocycles. The lowest BCUT2D eigenvalue weighted by molar-refractivity contribution is 0.0947. The summed E-state index contributed by atoms with van der Waals surface area (Å²) < 4.78 is 0. The number of hydrogen-bond acceptors (Lipinski definition) is 3. The third-order valence-electron chi connectivity index (χ3n) is 3.11. The van der Waals surface area contributed by atoms with Crippen LogP contribution in [0.5, 0.6) is 0 Å². The molecule has 112 valence electrons. The van der Waals surface area contributed by atoms with Crippen LogP contribution in [0, 0.1) is 0 Å². The van der Waals surface area contributed by atoms with E-state index in [1.807, 2.05) is 0 Å². The van der Waals surface area contributed by atoms with E-state index in [0.717, 1.165) is 32.7 Å². The van der Waals surface area contributed by atoms with Crippen molar-refractivity contribution in [1.82, 2.24) is 15.5 Å². The number of nitrogens with one attached hydrogen (secondary N) is 2. The Labute approximate surface area is 135 Å². The van der Waals surface area contributed by atoms with Crippen molar-refractivity contribution in [2.45, 2.75) is 0 Å². The lowest BCUT2D eigenvalue weighted by Crippen LogP contribution is -2.46. The fourth-order valence-electron chi connectivity index (χ4n) is 2.07. The van der Waals surface area contributed by atoms with Crippen molar-refractivity contribution in [3.63, 3.8) is 0 Å². The molecule has 1 fully saturated rings. The first-order valence-corrected chi connectivity index (χ1v) is 7.09. The Morgan fingerprint density at radius 1 is 1.25 bits per heavy atom. The van der Waals surface area contributed by atoms with E-state index < -0.39 is 0 Å². The van der Waals surface area contributed by atoms with Gasteiger partial charge in [0.1, 0.15) is 0 Å². The summed E-state index contributed by atoms with van der Waals surface area (Å²) in [5.74, 6) is -0.217. The first-order valence-electron chi connectivity index (χ1n) is 6.34. The smallest absolute Gasteiger partial charge is 0.254 e. The Morgan fingerprint density at radius 3 is 2.45 bits per heavy atom. The molecular weight excluding hydrogens is 321 g/mol. The molecule has 0 unspecified atom stereocenters. The van der Waals surface area contributed by atoms with Gasteiger partial charge in [-0.3, -0.25) is 9.69 Å². The molecule has 1 heterocycles. The Kier molecular flexibility index (Phi) is 7.62. The average molecular weight is 339 g/mol. The van der Waals surface area contributed by atoms with Crippen LogP contribution >= 0.6 is 35.6 Å². The zero-order chi connectivity index (χ0) is 13.7. The van der Waals surface area contributed by atoms with Gasteiger partial charge in [0.25, 0.3) is 5.91 Å². The van der Waals surface area contributed by atoms with Crippen molar-refractivity contribution >= 4 is 41.5 Å². The fourth-order valence-corrected chi connectivity index (χ4v) is 2.63. The van der Waals surface area contributed by atoms with Crippen LogP contribution in [0.25, 0.3) is 0 Å². The van der Waals surface area contributed by atoms with Gasteiger partial charge in [0.05, 0.1) is 15.6 Å². The second-order valence-electron chi connectivity index (χ2n) is 4.44. The molecule has 1 aromatic rings. The number of carbonyl (C=O) groups is 1. The molecular formula is C13H18Cl3N3O. The van der Waals surface area contributed by atoms with E-state index in [-0.39, 0.29) is 18.3 Å². The molecule has 1 aromatic carbocycles. The molecule has 0 spiro atoms. The Hall–Kier alpha value is -0.520. The van der Waals surface area contributed by atoms with Crippen LogP contribution in [0.4, 0.5) is 0 Å². The molecule has 0 aliphatic carbocycles. The van der Waals surface area contributed by atoms with Gasteiger partial charge in [0.2, 0.25) is 0 Å². The monoisotopic (exact) mass is 337 g/mol. The van der Waals surface area contributed by atoms with E-state index >= 15 is 0 Å². The molecule has 2 N–H and O–H groups in total. The number of piperazine rings is 1. The van der Waals surface area contributed by atoms with Gasteiger partial charge in [-0.2, -0.15) is 0 Å². The molecule has 1 saturated heterocycles. The van der Waals surface area contributed by atoms with E-state index in [1.54, 1.807) is 18.2 Å². The second kappa shape index (κ2) is 8.70. The van der Waals surface area contributed by atoms with Crippen LogP contribution in [0.3, 0.4) is 0 Å². The van der Waals surface area contributed by atoms with E-state index in [2.05, 4.69) is 15.5 Å². The SMILES string of the molecule is Cl.O=C(NCCN1CCNCC1)c1c(Cl)cccc1Cl. The van der Waals surface area contributed by atoms with Crippen LogP contribution in [-0.2, 0) is 0 Å². The highest BCUT2D eigenvalue weighted by atomic mass is 35.5. The lowest BCUT2D eigenvalue weighted by atomic mass is 10.2. The molecule has 1 aliphatic rings. The van der Waals surface area contributed by atoms with Gasteiger partial charge in [0.15, 0.2) is 0 Å². The summed E-state index contributed by atoms with van der Waals surface area (Å²) in [5, 5.41) is 6.91. The minimum atomic E-state index is -0.217. The zero-order valence-electron chi connectivity index (χ0n) is 11.0.